The van der Waals surface area contributed by atoms with Gasteiger partial charge in [-0.15, -0.1) is 0 Å². The summed E-state index contributed by atoms with van der Waals surface area (Å²) >= 11 is 3.41. The van der Waals surface area contributed by atoms with Crippen LogP contribution in [0.2, 0.25) is 0 Å². The lowest BCUT2D eigenvalue weighted by atomic mass is 10.1. The molecule has 1 aromatic carbocycles. The predicted octanol–water partition coefficient (Wildman–Crippen LogP) is 3.47. The summed E-state index contributed by atoms with van der Waals surface area (Å²) in [5, 5.41) is 3.36. The highest BCUT2D eigenvalue weighted by atomic mass is 79.9. The molecule has 0 spiro atoms. The van der Waals surface area contributed by atoms with Crippen molar-refractivity contribution in [3.8, 4) is 0 Å². The number of benzene rings is 1. The number of halogens is 1. The second kappa shape index (κ2) is 6.72. The van der Waals surface area contributed by atoms with Crippen LogP contribution >= 0.6 is 15.9 Å². The zero-order valence-electron chi connectivity index (χ0n) is 12.4. The Morgan fingerprint density at radius 1 is 1.29 bits per heavy atom. The molecule has 2 rings (SSSR count). The summed E-state index contributed by atoms with van der Waals surface area (Å²) < 4.78 is 0.954. The third-order valence-corrected chi connectivity index (χ3v) is 3.57. The standard InChI is InChI=1S/C16H18BrN3O/c1-11-4-5-13(16(21)20(2)3)7-15(11)19-9-12-6-14(17)10-18-8-12/h4-8,10,19H,9H2,1-3H3. The Morgan fingerprint density at radius 2 is 2.05 bits per heavy atom. The second-order valence-electron chi connectivity index (χ2n) is 5.09. The molecule has 0 aliphatic heterocycles. The van der Waals surface area contributed by atoms with E-state index < -0.39 is 0 Å². The maximum Gasteiger partial charge on any atom is 0.253 e. The number of anilines is 1. The van der Waals surface area contributed by atoms with Gasteiger partial charge in [0, 0.05) is 48.8 Å². The highest BCUT2D eigenvalue weighted by molar-refractivity contribution is 9.10. The molecule has 0 unspecified atom stereocenters. The van der Waals surface area contributed by atoms with E-state index in [-0.39, 0.29) is 5.91 Å². The number of carbonyl (C=O) groups excluding carboxylic acids is 1. The Balaban J connectivity index is 2.16. The van der Waals surface area contributed by atoms with Crippen molar-refractivity contribution < 1.29 is 4.79 Å². The smallest absolute Gasteiger partial charge is 0.253 e. The van der Waals surface area contributed by atoms with Crippen molar-refractivity contribution in [2.45, 2.75) is 13.5 Å². The van der Waals surface area contributed by atoms with Crippen molar-refractivity contribution in [2.75, 3.05) is 19.4 Å². The van der Waals surface area contributed by atoms with Gasteiger partial charge in [-0.05, 0) is 52.2 Å². The number of aromatic nitrogens is 1. The molecule has 0 bridgehead atoms. The number of amides is 1. The van der Waals surface area contributed by atoms with Crippen molar-refractivity contribution >= 4 is 27.5 Å². The van der Waals surface area contributed by atoms with Gasteiger partial charge in [-0.2, -0.15) is 0 Å². The molecular weight excluding hydrogens is 330 g/mol. The van der Waals surface area contributed by atoms with Crippen LogP contribution in [0.1, 0.15) is 21.5 Å². The Kier molecular flexibility index (Phi) is 4.96. The number of carbonyl (C=O) groups is 1. The Hall–Kier alpha value is -1.88. The molecule has 1 heterocycles. The minimum absolute atomic E-state index is 0.00201. The summed E-state index contributed by atoms with van der Waals surface area (Å²) in [6.45, 7) is 2.68. The molecular formula is C16H18BrN3O. The van der Waals surface area contributed by atoms with Crippen molar-refractivity contribution in [2.24, 2.45) is 0 Å². The number of aryl methyl sites for hydroxylation is 1. The highest BCUT2D eigenvalue weighted by Gasteiger charge is 2.09. The van der Waals surface area contributed by atoms with E-state index in [1.54, 1.807) is 25.2 Å². The molecule has 1 aromatic heterocycles. The molecule has 0 fully saturated rings. The van der Waals surface area contributed by atoms with Crippen molar-refractivity contribution in [3.63, 3.8) is 0 Å². The maximum absolute atomic E-state index is 12.0. The number of nitrogens with zero attached hydrogens (tertiary/aromatic N) is 2. The summed E-state index contributed by atoms with van der Waals surface area (Å²) in [4.78, 5) is 17.7. The molecule has 0 saturated carbocycles. The Labute approximate surface area is 133 Å². The van der Waals surface area contributed by atoms with Crippen LogP contribution in [0.5, 0.6) is 0 Å². The predicted molar refractivity (Wildman–Crippen MR) is 88.5 cm³/mol. The second-order valence-corrected chi connectivity index (χ2v) is 6.01. The van der Waals surface area contributed by atoms with E-state index in [0.717, 1.165) is 21.3 Å². The third kappa shape index (κ3) is 4.04. The van der Waals surface area contributed by atoms with Crippen LogP contribution in [-0.4, -0.2) is 29.9 Å². The number of pyridine rings is 1. The van der Waals surface area contributed by atoms with Crippen LogP contribution in [0.25, 0.3) is 0 Å². The van der Waals surface area contributed by atoms with Crippen LogP contribution in [0.15, 0.2) is 41.1 Å². The first-order chi connectivity index (χ1) is 9.97. The van der Waals surface area contributed by atoms with Gasteiger partial charge in [-0.3, -0.25) is 9.78 Å². The lowest BCUT2D eigenvalue weighted by Gasteiger charge is -2.14. The Morgan fingerprint density at radius 3 is 2.71 bits per heavy atom. The first-order valence-corrected chi connectivity index (χ1v) is 7.42. The quantitative estimate of drug-likeness (QED) is 0.920. The molecule has 0 aliphatic rings. The van der Waals surface area contributed by atoms with Gasteiger partial charge in [0.2, 0.25) is 0 Å². The van der Waals surface area contributed by atoms with Crippen LogP contribution in [0.4, 0.5) is 5.69 Å². The van der Waals surface area contributed by atoms with Gasteiger partial charge in [0.05, 0.1) is 0 Å². The van der Waals surface area contributed by atoms with E-state index in [0.29, 0.717) is 12.1 Å². The number of nitrogens with one attached hydrogen (secondary N) is 1. The van der Waals surface area contributed by atoms with E-state index in [2.05, 4.69) is 26.2 Å². The molecule has 4 nitrogen and oxygen atoms in total. The molecule has 21 heavy (non-hydrogen) atoms. The van der Waals surface area contributed by atoms with E-state index >= 15 is 0 Å². The Bertz CT molecular complexity index is 656. The lowest BCUT2D eigenvalue weighted by Crippen LogP contribution is -2.21. The zero-order valence-corrected chi connectivity index (χ0v) is 13.9. The summed E-state index contributed by atoms with van der Waals surface area (Å²) in [5.41, 5.74) is 3.82. The van der Waals surface area contributed by atoms with Gasteiger partial charge < -0.3 is 10.2 Å². The fourth-order valence-corrected chi connectivity index (χ4v) is 2.37. The van der Waals surface area contributed by atoms with Crippen LogP contribution < -0.4 is 5.32 Å². The molecule has 0 saturated heterocycles. The van der Waals surface area contributed by atoms with Gasteiger partial charge in [-0.1, -0.05) is 6.07 Å². The maximum atomic E-state index is 12.0. The summed E-state index contributed by atoms with van der Waals surface area (Å²) in [7, 11) is 3.50. The van der Waals surface area contributed by atoms with Gasteiger partial charge in [0.1, 0.15) is 0 Å². The van der Waals surface area contributed by atoms with E-state index in [1.165, 1.54) is 0 Å². The van der Waals surface area contributed by atoms with Crippen LogP contribution in [-0.2, 0) is 6.54 Å². The minimum Gasteiger partial charge on any atom is -0.381 e. The fourth-order valence-electron chi connectivity index (χ4n) is 1.95. The topological polar surface area (TPSA) is 45.2 Å². The SMILES string of the molecule is Cc1ccc(C(=O)N(C)C)cc1NCc1cncc(Br)c1. The lowest BCUT2D eigenvalue weighted by molar-refractivity contribution is 0.0827. The first-order valence-electron chi connectivity index (χ1n) is 6.63. The molecule has 1 amide bonds. The molecule has 0 atom stereocenters. The summed E-state index contributed by atoms with van der Waals surface area (Å²) in [6, 6.07) is 7.72. The molecule has 2 aromatic rings. The molecule has 0 radical (unpaired) electrons. The van der Waals surface area contributed by atoms with Crippen LogP contribution in [0.3, 0.4) is 0 Å². The summed E-state index contributed by atoms with van der Waals surface area (Å²) in [6.07, 6.45) is 3.58. The average molecular weight is 348 g/mol. The number of rotatable bonds is 4. The highest BCUT2D eigenvalue weighted by Crippen LogP contribution is 2.19. The van der Waals surface area contributed by atoms with E-state index in [4.69, 9.17) is 0 Å². The zero-order chi connectivity index (χ0) is 15.4. The molecule has 110 valence electrons. The largest absolute Gasteiger partial charge is 0.381 e. The number of hydrogen-bond donors (Lipinski definition) is 1. The number of hydrogen-bond acceptors (Lipinski definition) is 3. The average Bonchev–Trinajstić information content (AvgIpc) is 2.45. The van der Waals surface area contributed by atoms with Gasteiger partial charge in [0.15, 0.2) is 0 Å². The van der Waals surface area contributed by atoms with E-state index in [9.17, 15) is 4.79 Å². The minimum atomic E-state index is 0.00201. The van der Waals surface area contributed by atoms with Crippen molar-refractivity contribution in [1.82, 2.24) is 9.88 Å². The third-order valence-electron chi connectivity index (χ3n) is 3.14. The van der Waals surface area contributed by atoms with Crippen molar-refractivity contribution in [1.29, 1.82) is 0 Å². The first kappa shape index (κ1) is 15.5. The monoisotopic (exact) mass is 347 g/mol. The molecule has 0 aliphatic carbocycles. The van der Waals surface area contributed by atoms with Crippen molar-refractivity contribution in [3.05, 3.63) is 57.8 Å². The fraction of sp³-hybridized carbons (Fsp3) is 0.250. The van der Waals surface area contributed by atoms with Crippen LogP contribution in [0, 0.1) is 6.92 Å². The van der Waals surface area contributed by atoms with E-state index in [1.807, 2.05) is 37.4 Å². The molecule has 5 heteroatoms. The van der Waals surface area contributed by atoms with Gasteiger partial charge in [-0.25, -0.2) is 0 Å². The summed E-state index contributed by atoms with van der Waals surface area (Å²) in [5.74, 6) is 0.00201. The normalized spacial score (nSPS) is 10.3. The van der Waals surface area contributed by atoms with Gasteiger partial charge >= 0.3 is 0 Å². The van der Waals surface area contributed by atoms with Gasteiger partial charge in [0.25, 0.3) is 5.91 Å². The molecule has 1 N–H and O–H groups in total.